The standard InChI is InChI=1S/C14H18N2O4/c1-10-15-12-4-3-11(14(17)18)9-13(12)16(10)5-6-20-8-7-19-2/h3-4,9H,5-8H2,1-2H3,(H,17,18). The summed E-state index contributed by atoms with van der Waals surface area (Å²) in [7, 11) is 1.63. The molecule has 6 heteroatoms. The maximum atomic E-state index is 11.0. The predicted octanol–water partition coefficient (Wildman–Crippen LogP) is 1.71. The van der Waals surface area contributed by atoms with E-state index in [0.717, 1.165) is 16.9 Å². The van der Waals surface area contributed by atoms with E-state index in [1.165, 1.54) is 0 Å². The lowest BCUT2D eigenvalue weighted by Gasteiger charge is -2.08. The van der Waals surface area contributed by atoms with Crippen LogP contribution in [0, 0.1) is 6.92 Å². The number of carboxylic acids is 1. The van der Waals surface area contributed by atoms with E-state index in [1.807, 2.05) is 11.5 Å². The molecule has 0 saturated heterocycles. The summed E-state index contributed by atoms with van der Waals surface area (Å²) in [6, 6.07) is 4.94. The summed E-state index contributed by atoms with van der Waals surface area (Å²) in [5.74, 6) is -0.0912. The summed E-state index contributed by atoms with van der Waals surface area (Å²) in [5, 5.41) is 9.05. The quantitative estimate of drug-likeness (QED) is 0.780. The molecule has 0 unspecified atom stereocenters. The maximum absolute atomic E-state index is 11.0. The van der Waals surface area contributed by atoms with Gasteiger partial charge in [0, 0.05) is 13.7 Å². The minimum atomic E-state index is -0.936. The Balaban J connectivity index is 2.16. The second-order valence-electron chi connectivity index (χ2n) is 4.42. The molecular weight excluding hydrogens is 260 g/mol. The smallest absolute Gasteiger partial charge is 0.335 e. The zero-order valence-corrected chi connectivity index (χ0v) is 11.6. The number of aromatic nitrogens is 2. The average molecular weight is 278 g/mol. The molecule has 0 radical (unpaired) electrons. The zero-order valence-electron chi connectivity index (χ0n) is 11.6. The third kappa shape index (κ3) is 3.15. The first-order valence-electron chi connectivity index (χ1n) is 6.40. The molecule has 20 heavy (non-hydrogen) atoms. The number of methoxy groups -OCH3 is 1. The van der Waals surface area contributed by atoms with Crippen molar-refractivity contribution >= 4 is 17.0 Å². The first kappa shape index (κ1) is 14.5. The minimum absolute atomic E-state index is 0.263. The monoisotopic (exact) mass is 278 g/mol. The number of fused-ring (bicyclic) bond motifs is 1. The number of rotatable bonds is 7. The Morgan fingerprint density at radius 3 is 2.85 bits per heavy atom. The van der Waals surface area contributed by atoms with Gasteiger partial charge in [-0.05, 0) is 25.1 Å². The molecule has 0 saturated carbocycles. The molecule has 0 amide bonds. The van der Waals surface area contributed by atoms with Gasteiger partial charge in [0.25, 0.3) is 0 Å². The Kier molecular flexibility index (Phi) is 4.70. The van der Waals surface area contributed by atoms with Crippen LogP contribution in [0.4, 0.5) is 0 Å². The van der Waals surface area contributed by atoms with Gasteiger partial charge in [-0.1, -0.05) is 0 Å². The Morgan fingerprint density at radius 1 is 1.35 bits per heavy atom. The van der Waals surface area contributed by atoms with Crippen molar-refractivity contribution in [3.05, 3.63) is 29.6 Å². The molecule has 2 aromatic rings. The number of benzene rings is 1. The van der Waals surface area contributed by atoms with Gasteiger partial charge in [0.1, 0.15) is 5.82 Å². The molecule has 6 nitrogen and oxygen atoms in total. The van der Waals surface area contributed by atoms with Crippen LogP contribution in [-0.4, -0.2) is 47.6 Å². The first-order chi connectivity index (χ1) is 9.63. The highest BCUT2D eigenvalue weighted by Crippen LogP contribution is 2.18. The van der Waals surface area contributed by atoms with Crippen molar-refractivity contribution in [2.45, 2.75) is 13.5 Å². The fourth-order valence-electron chi connectivity index (χ4n) is 2.06. The van der Waals surface area contributed by atoms with E-state index < -0.39 is 5.97 Å². The van der Waals surface area contributed by atoms with E-state index in [-0.39, 0.29) is 5.56 Å². The van der Waals surface area contributed by atoms with Crippen molar-refractivity contribution in [2.75, 3.05) is 26.9 Å². The Labute approximate surface area is 116 Å². The normalized spacial score (nSPS) is 11.1. The molecule has 0 aliphatic carbocycles. The molecular formula is C14H18N2O4. The summed E-state index contributed by atoms with van der Waals surface area (Å²) < 4.78 is 12.3. The first-order valence-corrected chi connectivity index (χ1v) is 6.40. The molecule has 1 heterocycles. The third-order valence-electron chi connectivity index (χ3n) is 3.08. The van der Waals surface area contributed by atoms with Gasteiger partial charge in [0.15, 0.2) is 0 Å². The van der Waals surface area contributed by atoms with E-state index in [4.69, 9.17) is 14.6 Å². The minimum Gasteiger partial charge on any atom is -0.478 e. The Bertz CT molecular complexity index is 606. The number of aromatic carboxylic acids is 1. The number of imidazole rings is 1. The van der Waals surface area contributed by atoms with Crippen molar-refractivity contribution in [1.82, 2.24) is 9.55 Å². The number of hydrogen-bond acceptors (Lipinski definition) is 4. The van der Waals surface area contributed by atoms with Crippen molar-refractivity contribution < 1.29 is 19.4 Å². The van der Waals surface area contributed by atoms with Crippen LogP contribution in [-0.2, 0) is 16.0 Å². The van der Waals surface area contributed by atoms with Crippen LogP contribution in [0.2, 0.25) is 0 Å². The summed E-state index contributed by atoms with van der Waals surface area (Å²) in [5.41, 5.74) is 1.88. The number of nitrogens with zero attached hydrogens (tertiary/aromatic N) is 2. The zero-order chi connectivity index (χ0) is 14.5. The molecule has 0 aliphatic heterocycles. The van der Waals surface area contributed by atoms with Crippen molar-refractivity contribution in [3.63, 3.8) is 0 Å². The Hall–Kier alpha value is -1.92. The molecule has 0 bridgehead atoms. The summed E-state index contributed by atoms with van der Waals surface area (Å²) >= 11 is 0. The number of ether oxygens (including phenoxy) is 2. The molecule has 1 aromatic heterocycles. The molecule has 0 aliphatic rings. The third-order valence-corrected chi connectivity index (χ3v) is 3.08. The van der Waals surface area contributed by atoms with E-state index >= 15 is 0 Å². The van der Waals surface area contributed by atoms with Gasteiger partial charge < -0.3 is 19.1 Å². The van der Waals surface area contributed by atoms with Crippen LogP contribution in [0.15, 0.2) is 18.2 Å². The lowest BCUT2D eigenvalue weighted by molar-refractivity contribution is 0.0668. The van der Waals surface area contributed by atoms with Gasteiger partial charge in [0.05, 0.1) is 36.4 Å². The maximum Gasteiger partial charge on any atom is 0.335 e. The molecule has 2 rings (SSSR count). The molecule has 108 valence electrons. The van der Waals surface area contributed by atoms with Crippen LogP contribution in [0.1, 0.15) is 16.2 Å². The van der Waals surface area contributed by atoms with E-state index in [9.17, 15) is 4.79 Å². The summed E-state index contributed by atoms with van der Waals surface area (Å²) in [4.78, 5) is 15.4. The predicted molar refractivity (Wildman–Crippen MR) is 74.1 cm³/mol. The van der Waals surface area contributed by atoms with Crippen LogP contribution >= 0.6 is 0 Å². The lowest BCUT2D eigenvalue weighted by Crippen LogP contribution is -2.10. The Morgan fingerprint density at radius 2 is 2.15 bits per heavy atom. The van der Waals surface area contributed by atoms with E-state index in [2.05, 4.69) is 4.98 Å². The van der Waals surface area contributed by atoms with E-state index in [0.29, 0.717) is 26.4 Å². The van der Waals surface area contributed by atoms with Gasteiger partial charge in [-0.15, -0.1) is 0 Å². The number of carbonyl (C=O) groups is 1. The molecule has 1 N–H and O–H groups in total. The van der Waals surface area contributed by atoms with Gasteiger partial charge in [-0.3, -0.25) is 0 Å². The largest absolute Gasteiger partial charge is 0.478 e. The van der Waals surface area contributed by atoms with Crippen molar-refractivity contribution in [2.24, 2.45) is 0 Å². The van der Waals surface area contributed by atoms with Gasteiger partial charge in [0.2, 0.25) is 0 Å². The number of aryl methyl sites for hydroxylation is 1. The van der Waals surface area contributed by atoms with Gasteiger partial charge in [-0.25, -0.2) is 9.78 Å². The van der Waals surface area contributed by atoms with Crippen molar-refractivity contribution in [1.29, 1.82) is 0 Å². The lowest BCUT2D eigenvalue weighted by atomic mass is 10.2. The highest BCUT2D eigenvalue weighted by atomic mass is 16.5. The van der Waals surface area contributed by atoms with E-state index in [1.54, 1.807) is 25.3 Å². The fourth-order valence-corrected chi connectivity index (χ4v) is 2.06. The SMILES string of the molecule is COCCOCCn1c(C)nc2ccc(C(=O)O)cc21. The highest BCUT2D eigenvalue weighted by Gasteiger charge is 2.10. The molecule has 0 spiro atoms. The fraction of sp³-hybridized carbons (Fsp3) is 0.429. The second kappa shape index (κ2) is 6.49. The molecule has 0 fully saturated rings. The van der Waals surface area contributed by atoms with Gasteiger partial charge >= 0.3 is 5.97 Å². The highest BCUT2D eigenvalue weighted by molar-refractivity contribution is 5.92. The van der Waals surface area contributed by atoms with Gasteiger partial charge in [-0.2, -0.15) is 0 Å². The molecule has 1 aromatic carbocycles. The summed E-state index contributed by atoms with van der Waals surface area (Å²) in [6.07, 6.45) is 0. The number of hydrogen-bond donors (Lipinski definition) is 1. The topological polar surface area (TPSA) is 73.6 Å². The number of carboxylic acid groups (broad SMARTS) is 1. The average Bonchev–Trinajstić information content (AvgIpc) is 2.73. The van der Waals surface area contributed by atoms with Crippen LogP contribution in [0.25, 0.3) is 11.0 Å². The second-order valence-corrected chi connectivity index (χ2v) is 4.42. The summed E-state index contributed by atoms with van der Waals surface area (Å²) in [6.45, 7) is 4.17. The van der Waals surface area contributed by atoms with Crippen LogP contribution in [0.5, 0.6) is 0 Å². The molecule has 0 atom stereocenters. The van der Waals surface area contributed by atoms with Crippen LogP contribution < -0.4 is 0 Å². The van der Waals surface area contributed by atoms with Crippen LogP contribution in [0.3, 0.4) is 0 Å². The van der Waals surface area contributed by atoms with Crippen molar-refractivity contribution in [3.8, 4) is 0 Å².